The van der Waals surface area contributed by atoms with Crippen molar-refractivity contribution in [3.8, 4) is 6.07 Å². The molecule has 0 aliphatic heterocycles. The first-order chi connectivity index (χ1) is 8.45. The number of esters is 1. The minimum Gasteiger partial charge on any atom is -0.449 e. The van der Waals surface area contributed by atoms with Crippen molar-refractivity contribution >= 4 is 11.9 Å². The summed E-state index contributed by atoms with van der Waals surface area (Å²) in [5, 5.41) is 8.63. The van der Waals surface area contributed by atoms with E-state index < -0.39 is 12.1 Å². The number of hydrogen-bond acceptors (Lipinski definition) is 4. The standard InChI is InChI=1S/C13H14N2O3/c1-9(12(16)15(2)3)18-13(17)11-6-4-10(8-14)5-7-11/h4-7,9H,1-3H3/t9-/m0/s1. The number of hydrogen-bond donors (Lipinski definition) is 0. The minimum atomic E-state index is -0.830. The second-order valence-electron chi connectivity index (χ2n) is 3.97. The van der Waals surface area contributed by atoms with Crippen molar-refractivity contribution in [2.45, 2.75) is 13.0 Å². The zero-order valence-electron chi connectivity index (χ0n) is 10.5. The molecule has 0 aliphatic carbocycles. The summed E-state index contributed by atoms with van der Waals surface area (Å²) in [5.41, 5.74) is 0.774. The Morgan fingerprint density at radius 2 is 1.83 bits per heavy atom. The molecule has 0 fully saturated rings. The van der Waals surface area contributed by atoms with Gasteiger partial charge in [0.25, 0.3) is 5.91 Å². The van der Waals surface area contributed by atoms with Crippen LogP contribution in [-0.2, 0) is 9.53 Å². The smallest absolute Gasteiger partial charge is 0.338 e. The number of amides is 1. The Balaban J connectivity index is 2.71. The van der Waals surface area contributed by atoms with E-state index in [9.17, 15) is 9.59 Å². The fraction of sp³-hybridized carbons (Fsp3) is 0.308. The SMILES string of the molecule is C[C@H](OC(=O)c1ccc(C#N)cc1)C(=O)N(C)C. The van der Waals surface area contributed by atoms with Crippen LogP contribution in [0.3, 0.4) is 0 Å². The van der Waals surface area contributed by atoms with Gasteiger partial charge in [0.05, 0.1) is 17.2 Å². The number of ether oxygens (including phenoxy) is 1. The molecule has 0 bridgehead atoms. The Hall–Kier alpha value is -2.35. The van der Waals surface area contributed by atoms with Gasteiger partial charge in [-0.3, -0.25) is 4.79 Å². The largest absolute Gasteiger partial charge is 0.449 e. The Kier molecular flexibility index (Phi) is 4.44. The molecule has 1 rings (SSSR count). The van der Waals surface area contributed by atoms with Crippen LogP contribution in [0.15, 0.2) is 24.3 Å². The van der Waals surface area contributed by atoms with Crippen LogP contribution in [0.4, 0.5) is 0 Å². The molecule has 0 spiro atoms. The van der Waals surface area contributed by atoms with Gasteiger partial charge in [0.1, 0.15) is 0 Å². The number of nitrogens with zero attached hydrogens (tertiary/aromatic N) is 2. The number of benzene rings is 1. The maximum Gasteiger partial charge on any atom is 0.338 e. The molecule has 0 N–H and O–H groups in total. The van der Waals surface area contributed by atoms with Gasteiger partial charge in [-0.2, -0.15) is 5.26 Å². The van der Waals surface area contributed by atoms with E-state index >= 15 is 0 Å². The van der Waals surface area contributed by atoms with Crippen LogP contribution in [0.1, 0.15) is 22.8 Å². The molecule has 0 unspecified atom stereocenters. The Morgan fingerprint density at radius 3 is 2.28 bits per heavy atom. The summed E-state index contributed by atoms with van der Waals surface area (Å²) < 4.78 is 5.02. The molecule has 0 radical (unpaired) electrons. The molecule has 0 aliphatic rings. The maximum atomic E-state index is 11.7. The molecule has 1 atom stereocenters. The zero-order valence-corrected chi connectivity index (χ0v) is 10.5. The molecule has 5 heteroatoms. The van der Waals surface area contributed by atoms with Gasteiger partial charge in [-0.1, -0.05) is 0 Å². The van der Waals surface area contributed by atoms with Crippen molar-refractivity contribution in [3.05, 3.63) is 35.4 Å². The number of likely N-dealkylation sites (N-methyl/N-ethyl adjacent to an activating group) is 1. The van der Waals surface area contributed by atoms with Crippen molar-refractivity contribution in [2.75, 3.05) is 14.1 Å². The highest BCUT2D eigenvalue weighted by Gasteiger charge is 2.20. The molecule has 1 aromatic carbocycles. The third-order valence-electron chi connectivity index (χ3n) is 2.32. The molecule has 0 aromatic heterocycles. The van der Waals surface area contributed by atoms with Gasteiger partial charge in [-0.15, -0.1) is 0 Å². The number of rotatable bonds is 3. The first-order valence-electron chi connectivity index (χ1n) is 5.38. The first-order valence-corrected chi connectivity index (χ1v) is 5.38. The van der Waals surface area contributed by atoms with Crippen molar-refractivity contribution in [1.82, 2.24) is 4.90 Å². The lowest BCUT2D eigenvalue weighted by molar-refractivity contribution is -0.137. The number of carbonyl (C=O) groups is 2. The molecule has 0 saturated heterocycles. The van der Waals surface area contributed by atoms with Gasteiger partial charge in [-0.05, 0) is 31.2 Å². The second kappa shape index (κ2) is 5.82. The fourth-order valence-corrected chi connectivity index (χ4v) is 1.32. The van der Waals surface area contributed by atoms with Crippen molar-refractivity contribution < 1.29 is 14.3 Å². The van der Waals surface area contributed by atoms with Gasteiger partial charge < -0.3 is 9.64 Å². The summed E-state index contributed by atoms with van der Waals surface area (Å²) >= 11 is 0. The zero-order chi connectivity index (χ0) is 13.7. The summed E-state index contributed by atoms with van der Waals surface area (Å²) in [5.74, 6) is -0.862. The summed E-state index contributed by atoms with van der Waals surface area (Å²) in [6.07, 6.45) is -0.830. The van der Waals surface area contributed by atoms with Crippen molar-refractivity contribution in [1.29, 1.82) is 5.26 Å². The fourth-order valence-electron chi connectivity index (χ4n) is 1.32. The van der Waals surface area contributed by atoms with E-state index in [-0.39, 0.29) is 5.91 Å². The van der Waals surface area contributed by atoms with Crippen LogP contribution in [0.2, 0.25) is 0 Å². The average Bonchev–Trinajstić information content (AvgIpc) is 2.37. The minimum absolute atomic E-state index is 0.281. The molecule has 1 amide bonds. The molecule has 5 nitrogen and oxygen atoms in total. The van der Waals surface area contributed by atoms with E-state index in [1.165, 1.54) is 36.1 Å². The summed E-state index contributed by atoms with van der Waals surface area (Å²) in [6.45, 7) is 1.52. The lowest BCUT2D eigenvalue weighted by atomic mass is 10.1. The van der Waals surface area contributed by atoms with E-state index in [4.69, 9.17) is 10.00 Å². The van der Waals surface area contributed by atoms with Gasteiger partial charge >= 0.3 is 5.97 Å². The normalized spacial score (nSPS) is 11.2. The van der Waals surface area contributed by atoms with E-state index in [1.807, 2.05) is 6.07 Å². The van der Waals surface area contributed by atoms with Crippen LogP contribution in [0.25, 0.3) is 0 Å². The molecular formula is C13H14N2O3. The molecule has 1 aromatic rings. The van der Waals surface area contributed by atoms with Crippen LogP contribution in [-0.4, -0.2) is 37.0 Å². The lowest BCUT2D eigenvalue weighted by Gasteiger charge is -2.17. The molecule has 18 heavy (non-hydrogen) atoms. The number of carbonyl (C=O) groups excluding carboxylic acids is 2. The molecule has 94 valence electrons. The molecular weight excluding hydrogens is 232 g/mol. The van der Waals surface area contributed by atoms with Crippen LogP contribution in [0, 0.1) is 11.3 Å². The van der Waals surface area contributed by atoms with E-state index in [0.717, 1.165) is 0 Å². The Bertz CT molecular complexity index is 486. The van der Waals surface area contributed by atoms with Gasteiger partial charge in [-0.25, -0.2) is 4.79 Å². The lowest BCUT2D eigenvalue weighted by Crippen LogP contribution is -2.34. The summed E-state index contributed by atoms with van der Waals surface area (Å²) in [7, 11) is 3.18. The third-order valence-corrected chi connectivity index (χ3v) is 2.32. The van der Waals surface area contributed by atoms with E-state index in [1.54, 1.807) is 14.1 Å². The predicted octanol–water partition coefficient (Wildman–Crippen LogP) is 1.19. The monoisotopic (exact) mass is 246 g/mol. The average molecular weight is 246 g/mol. The maximum absolute atomic E-state index is 11.7. The Labute approximate surface area is 106 Å². The van der Waals surface area contributed by atoms with Crippen LogP contribution in [0.5, 0.6) is 0 Å². The van der Waals surface area contributed by atoms with Gasteiger partial charge in [0.15, 0.2) is 6.10 Å². The highest BCUT2D eigenvalue weighted by Crippen LogP contribution is 2.07. The van der Waals surface area contributed by atoms with Crippen molar-refractivity contribution in [3.63, 3.8) is 0 Å². The molecule has 0 heterocycles. The second-order valence-corrected chi connectivity index (χ2v) is 3.97. The van der Waals surface area contributed by atoms with Crippen molar-refractivity contribution in [2.24, 2.45) is 0 Å². The quantitative estimate of drug-likeness (QED) is 0.751. The van der Waals surface area contributed by atoms with Crippen LogP contribution >= 0.6 is 0 Å². The summed E-state index contributed by atoms with van der Waals surface area (Å²) in [6, 6.07) is 7.99. The van der Waals surface area contributed by atoms with Gasteiger partial charge in [0.2, 0.25) is 0 Å². The van der Waals surface area contributed by atoms with E-state index in [2.05, 4.69) is 0 Å². The highest BCUT2D eigenvalue weighted by molar-refractivity contribution is 5.92. The third kappa shape index (κ3) is 3.32. The molecule has 0 saturated carbocycles. The Morgan fingerprint density at radius 1 is 1.28 bits per heavy atom. The predicted molar refractivity (Wildman–Crippen MR) is 64.7 cm³/mol. The first kappa shape index (κ1) is 13.7. The number of nitriles is 1. The van der Waals surface area contributed by atoms with Crippen LogP contribution < -0.4 is 0 Å². The van der Waals surface area contributed by atoms with Gasteiger partial charge in [0, 0.05) is 14.1 Å². The highest BCUT2D eigenvalue weighted by atomic mass is 16.5. The topological polar surface area (TPSA) is 70.4 Å². The van der Waals surface area contributed by atoms with E-state index in [0.29, 0.717) is 11.1 Å². The summed E-state index contributed by atoms with van der Waals surface area (Å²) in [4.78, 5) is 24.6.